The number of hydrogen-bond donors (Lipinski definition) is 1. The normalized spacial score (nSPS) is 11.8. The highest BCUT2D eigenvalue weighted by molar-refractivity contribution is 7.84. The number of nitrogens with one attached hydrogen (secondary N) is 1. The van der Waals surface area contributed by atoms with Gasteiger partial charge in [0.2, 0.25) is 5.89 Å². The van der Waals surface area contributed by atoms with Crippen molar-refractivity contribution in [3.05, 3.63) is 106 Å². The number of aromatic nitrogens is 1. The molecule has 1 atom stereocenters. The first-order valence-corrected chi connectivity index (χ1v) is 12.1. The van der Waals surface area contributed by atoms with E-state index in [9.17, 15) is 9.00 Å². The van der Waals surface area contributed by atoms with Crippen molar-refractivity contribution in [2.45, 2.75) is 31.0 Å². The molecule has 168 valence electrons. The van der Waals surface area contributed by atoms with Crippen molar-refractivity contribution >= 4 is 28.3 Å². The van der Waals surface area contributed by atoms with Crippen molar-refractivity contribution in [2.75, 3.05) is 0 Å². The van der Waals surface area contributed by atoms with E-state index in [0.717, 1.165) is 21.6 Å². The highest BCUT2D eigenvalue weighted by Gasteiger charge is 2.16. The molecule has 0 saturated carbocycles. The van der Waals surface area contributed by atoms with Gasteiger partial charge in [-0.15, -0.1) is 0 Å². The molecule has 0 bridgehead atoms. The van der Waals surface area contributed by atoms with Gasteiger partial charge >= 0.3 is 0 Å². The van der Waals surface area contributed by atoms with Crippen LogP contribution in [0.5, 0.6) is 0 Å². The molecule has 7 heteroatoms. The Kier molecular flexibility index (Phi) is 7.06. The van der Waals surface area contributed by atoms with Crippen LogP contribution in [-0.2, 0) is 23.1 Å². The van der Waals surface area contributed by atoms with E-state index < -0.39 is 10.8 Å². The lowest BCUT2D eigenvalue weighted by Crippen LogP contribution is -2.22. The molecule has 4 rings (SSSR count). The van der Waals surface area contributed by atoms with E-state index >= 15 is 0 Å². The minimum atomic E-state index is -1.21. The number of aryl methyl sites for hydroxylation is 2. The zero-order valence-corrected chi connectivity index (χ0v) is 19.9. The van der Waals surface area contributed by atoms with E-state index in [1.54, 1.807) is 36.4 Å². The molecule has 1 amide bonds. The van der Waals surface area contributed by atoms with Gasteiger partial charge in [-0.1, -0.05) is 41.4 Å². The number of nitrogens with zero attached hydrogens (tertiary/aromatic N) is 1. The summed E-state index contributed by atoms with van der Waals surface area (Å²) in [5.74, 6) is 1.19. The molecule has 0 aliphatic rings. The van der Waals surface area contributed by atoms with Crippen molar-refractivity contribution < 1.29 is 13.4 Å². The van der Waals surface area contributed by atoms with Crippen LogP contribution in [-0.4, -0.2) is 15.1 Å². The Balaban J connectivity index is 1.41. The second-order valence-electron chi connectivity index (χ2n) is 7.71. The molecule has 1 N–H and O–H groups in total. The Labute approximate surface area is 200 Å². The van der Waals surface area contributed by atoms with Gasteiger partial charge in [-0.3, -0.25) is 9.00 Å². The van der Waals surface area contributed by atoms with E-state index in [0.29, 0.717) is 34.5 Å². The number of carbonyl (C=O) groups is 1. The van der Waals surface area contributed by atoms with Gasteiger partial charge in [-0.2, -0.15) is 0 Å². The fourth-order valence-electron chi connectivity index (χ4n) is 3.23. The number of amides is 1. The summed E-state index contributed by atoms with van der Waals surface area (Å²) in [6, 6.07) is 22.0. The molecule has 3 aromatic carbocycles. The maximum absolute atomic E-state index is 12.7. The van der Waals surface area contributed by atoms with Gasteiger partial charge in [0.05, 0.1) is 22.2 Å². The van der Waals surface area contributed by atoms with Gasteiger partial charge in [0, 0.05) is 27.6 Å². The highest BCUT2D eigenvalue weighted by atomic mass is 35.5. The van der Waals surface area contributed by atoms with Crippen LogP contribution in [0.1, 0.15) is 32.9 Å². The summed E-state index contributed by atoms with van der Waals surface area (Å²) in [6.07, 6.45) is 0. The quantitative estimate of drug-likeness (QED) is 0.361. The fourth-order valence-corrected chi connectivity index (χ4v) is 4.48. The molecule has 0 aliphatic heterocycles. The Hall–Kier alpha value is -3.22. The molecule has 0 aliphatic carbocycles. The molecule has 0 fully saturated rings. The third-order valence-corrected chi connectivity index (χ3v) is 6.79. The van der Waals surface area contributed by atoms with Crippen LogP contribution in [0.4, 0.5) is 0 Å². The first-order chi connectivity index (χ1) is 15.9. The predicted octanol–water partition coefficient (Wildman–Crippen LogP) is 5.85. The molecule has 0 radical (unpaired) electrons. The SMILES string of the molecule is Cc1ccc([S@](=O)Cc2nc(-c3ccc(C(=O)NCc4ccc(Cl)cc4)cc3)oc2C)cc1. The maximum Gasteiger partial charge on any atom is 0.251 e. The zero-order valence-electron chi connectivity index (χ0n) is 18.3. The maximum atomic E-state index is 12.7. The number of carbonyl (C=O) groups excluding carboxylic acids is 1. The second kappa shape index (κ2) is 10.1. The zero-order chi connectivity index (χ0) is 23.4. The van der Waals surface area contributed by atoms with Crippen molar-refractivity contribution in [2.24, 2.45) is 0 Å². The average Bonchev–Trinajstić information content (AvgIpc) is 3.19. The van der Waals surface area contributed by atoms with Crippen LogP contribution in [0.25, 0.3) is 11.5 Å². The summed E-state index contributed by atoms with van der Waals surface area (Å²) in [6.45, 7) is 4.23. The van der Waals surface area contributed by atoms with Gasteiger partial charge in [0.1, 0.15) is 5.76 Å². The van der Waals surface area contributed by atoms with Gasteiger partial charge in [-0.25, -0.2) is 4.98 Å². The molecule has 0 spiro atoms. The molecule has 0 saturated heterocycles. The molecule has 4 aromatic rings. The van der Waals surface area contributed by atoms with Crippen molar-refractivity contribution in [1.82, 2.24) is 10.3 Å². The van der Waals surface area contributed by atoms with Crippen LogP contribution < -0.4 is 5.32 Å². The minimum absolute atomic E-state index is 0.172. The topological polar surface area (TPSA) is 72.2 Å². The largest absolute Gasteiger partial charge is 0.441 e. The predicted molar refractivity (Wildman–Crippen MR) is 131 cm³/mol. The van der Waals surface area contributed by atoms with E-state index in [2.05, 4.69) is 10.3 Å². The number of rotatable bonds is 7. The van der Waals surface area contributed by atoms with E-state index in [1.807, 2.05) is 50.2 Å². The smallest absolute Gasteiger partial charge is 0.251 e. The van der Waals surface area contributed by atoms with Crippen LogP contribution in [0, 0.1) is 13.8 Å². The van der Waals surface area contributed by atoms with E-state index in [4.69, 9.17) is 16.0 Å². The first-order valence-electron chi connectivity index (χ1n) is 10.4. The van der Waals surface area contributed by atoms with Gasteiger partial charge in [0.25, 0.3) is 5.91 Å². The van der Waals surface area contributed by atoms with Crippen molar-refractivity contribution in [3.63, 3.8) is 0 Å². The van der Waals surface area contributed by atoms with Crippen molar-refractivity contribution in [3.8, 4) is 11.5 Å². The average molecular weight is 479 g/mol. The molecule has 5 nitrogen and oxygen atoms in total. The summed E-state index contributed by atoms with van der Waals surface area (Å²) in [5.41, 5.74) is 4.04. The third kappa shape index (κ3) is 5.78. The number of oxazole rings is 1. The van der Waals surface area contributed by atoms with Gasteiger partial charge in [-0.05, 0) is 67.9 Å². The lowest BCUT2D eigenvalue weighted by molar-refractivity contribution is 0.0951. The number of halogens is 1. The van der Waals surface area contributed by atoms with Crippen LogP contribution in [0.3, 0.4) is 0 Å². The standard InChI is InChI=1S/C26H23ClN2O3S/c1-17-3-13-23(14-4-17)33(31)16-24-18(2)32-26(29-24)21-9-7-20(8-10-21)25(30)28-15-19-5-11-22(27)12-6-19/h3-14H,15-16H2,1-2H3,(H,28,30)/t33-/m1/s1. The first kappa shape index (κ1) is 23.0. The monoisotopic (exact) mass is 478 g/mol. The number of benzene rings is 3. The highest BCUT2D eigenvalue weighted by Crippen LogP contribution is 2.24. The van der Waals surface area contributed by atoms with Crippen LogP contribution >= 0.6 is 11.6 Å². The Morgan fingerprint density at radius 2 is 1.64 bits per heavy atom. The lowest BCUT2D eigenvalue weighted by Gasteiger charge is -2.06. The second-order valence-corrected chi connectivity index (χ2v) is 9.60. The Bertz CT molecular complexity index is 1280. The minimum Gasteiger partial charge on any atom is -0.441 e. The van der Waals surface area contributed by atoms with E-state index in [1.165, 1.54) is 0 Å². The van der Waals surface area contributed by atoms with Crippen LogP contribution in [0.2, 0.25) is 5.02 Å². The molecule has 33 heavy (non-hydrogen) atoms. The number of hydrogen-bond acceptors (Lipinski definition) is 4. The molecular formula is C26H23ClN2O3S. The summed E-state index contributed by atoms with van der Waals surface area (Å²) < 4.78 is 18.5. The molecule has 0 unspecified atom stereocenters. The van der Waals surface area contributed by atoms with Gasteiger partial charge in [0.15, 0.2) is 0 Å². The lowest BCUT2D eigenvalue weighted by atomic mass is 10.1. The molecule has 1 aromatic heterocycles. The molecular weight excluding hydrogens is 456 g/mol. The van der Waals surface area contributed by atoms with Gasteiger partial charge < -0.3 is 9.73 Å². The Morgan fingerprint density at radius 3 is 2.30 bits per heavy atom. The fraction of sp³-hybridized carbons (Fsp3) is 0.154. The van der Waals surface area contributed by atoms with Crippen LogP contribution in [0.15, 0.2) is 82.1 Å². The summed E-state index contributed by atoms with van der Waals surface area (Å²) in [5, 5.41) is 3.55. The molecule has 1 heterocycles. The third-order valence-electron chi connectivity index (χ3n) is 5.20. The summed E-state index contributed by atoms with van der Waals surface area (Å²) >= 11 is 5.89. The Morgan fingerprint density at radius 1 is 0.970 bits per heavy atom. The summed E-state index contributed by atoms with van der Waals surface area (Å²) in [4.78, 5) is 17.8. The summed E-state index contributed by atoms with van der Waals surface area (Å²) in [7, 11) is -1.21. The van der Waals surface area contributed by atoms with Crippen molar-refractivity contribution in [1.29, 1.82) is 0 Å². The van der Waals surface area contributed by atoms with E-state index in [-0.39, 0.29) is 11.7 Å².